The maximum atomic E-state index is 13.3. The van der Waals surface area contributed by atoms with Crippen LogP contribution in [0, 0.1) is 6.92 Å². The number of β-amino-alcohol motifs (C(OH)–C–C–N with tert-alkyl or cyclic N) is 1. The molecule has 0 spiro atoms. The first kappa shape index (κ1) is 19.7. The number of ether oxygens (including phenoxy) is 1. The predicted molar refractivity (Wildman–Crippen MR) is 107 cm³/mol. The average Bonchev–Trinajstić information content (AvgIpc) is 3.04. The highest BCUT2D eigenvalue weighted by Gasteiger charge is 2.38. The monoisotopic (exact) mass is 399 g/mol. The van der Waals surface area contributed by atoms with E-state index in [9.17, 15) is 13.9 Å². The molecule has 1 aliphatic heterocycles. The lowest BCUT2D eigenvalue weighted by molar-refractivity contribution is 0.00461. The maximum Gasteiger partial charge on any atom is 0.261 e. The van der Waals surface area contributed by atoms with Crippen molar-refractivity contribution < 1.29 is 18.6 Å². The van der Waals surface area contributed by atoms with Gasteiger partial charge in [-0.15, -0.1) is 0 Å². The van der Waals surface area contributed by atoms with Crippen LogP contribution in [-0.2, 0) is 0 Å². The zero-order valence-corrected chi connectivity index (χ0v) is 16.2. The molecule has 4 rings (SSSR count). The van der Waals surface area contributed by atoms with Gasteiger partial charge in [0, 0.05) is 37.5 Å². The molecule has 2 aromatic carbocycles. The van der Waals surface area contributed by atoms with E-state index in [2.05, 4.69) is 9.97 Å². The van der Waals surface area contributed by atoms with Crippen LogP contribution in [0.4, 0.5) is 8.78 Å². The summed E-state index contributed by atoms with van der Waals surface area (Å²) < 4.78 is 32.2. The highest BCUT2D eigenvalue weighted by Crippen LogP contribution is 2.28. The molecule has 1 atom stereocenters. The lowest BCUT2D eigenvalue weighted by Crippen LogP contribution is -2.35. The van der Waals surface area contributed by atoms with Crippen molar-refractivity contribution >= 4 is 10.8 Å². The molecule has 0 amide bonds. The molecule has 1 unspecified atom stereocenters. The van der Waals surface area contributed by atoms with Gasteiger partial charge in [0.05, 0.1) is 6.54 Å². The van der Waals surface area contributed by atoms with Gasteiger partial charge in [-0.3, -0.25) is 4.90 Å². The zero-order valence-electron chi connectivity index (χ0n) is 16.2. The summed E-state index contributed by atoms with van der Waals surface area (Å²) in [6.45, 7) is 2.08. The van der Waals surface area contributed by atoms with Gasteiger partial charge in [-0.25, -0.2) is 18.7 Å². The van der Waals surface area contributed by atoms with Crippen LogP contribution in [0.15, 0.2) is 48.8 Å². The van der Waals surface area contributed by atoms with Gasteiger partial charge in [0.1, 0.15) is 24.3 Å². The van der Waals surface area contributed by atoms with E-state index in [4.69, 9.17) is 4.74 Å². The summed E-state index contributed by atoms with van der Waals surface area (Å²) in [7, 11) is 0. The van der Waals surface area contributed by atoms with E-state index in [-0.39, 0.29) is 26.1 Å². The molecular formula is C22H23F2N3O2. The highest BCUT2D eigenvalue weighted by atomic mass is 19.3. The molecule has 0 aliphatic carbocycles. The van der Waals surface area contributed by atoms with E-state index < -0.39 is 12.0 Å². The lowest BCUT2D eigenvalue weighted by Gasteiger charge is -2.20. The average molecular weight is 399 g/mol. The molecule has 5 nitrogen and oxygen atoms in total. The smallest absolute Gasteiger partial charge is 0.261 e. The number of aliphatic hydroxyl groups excluding tert-OH is 1. The van der Waals surface area contributed by atoms with Crippen LogP contribution in [0.3, 0.4) is 0 Å². The second-order valence-electron chi connectivity index (χ2n) is 7.55. The fourth-order valence-electron chi connectivity index (χ4n) is 3.54. The van der Waals surface area contributed by atoms with Gasteiger partial charge in [0.15, 0.2) is 0 Å². The summed E-state index contributed by atoms with van der Waals surface area (Å²) >= 11 is 0. The van der Waals surface area contributed by atoms with Crippen molar-refractivity contribution in [3.63, 3.8) is 0 Å². The number of hydrogen-bond acceptors (Lipinski definition) is 5. The summed E-state index contributed by atoms with van der Waals surface area (Å²) in [6.07, 6.45) is 2.61. The van der Waals surface area contributed by atoms with Crippen molar-refractivity contribution in [3.05, 3.63) is 54.6 Å². The molecule has 1 saturated heterocycles. The minimum atomic E-state index is -2.65. The number of aryl methyl sites for hydroxylation is 1. The number of likely N-dealkylation sites (tertiary alicyclic amines) is 1. The first-order valence-corrected chi connectivity index (χ1v) is 9.62. The van der Waals surface area contributed by atoms with Crippen LogP contribution in [0.1, 0.15) is 12.2 Å². The van der Waals surface area contributed by atoms with Crippen LogP contribution in [0.2, 0.25) is 0 Å². The fourth-order valence-corrected chi connectivity index (χ4v) is 3.54. The first-order chi connectivity index (χ1) is 13.9. The summed E-state index contributed by atoms with van der Waals surface area (Å²) in [4.78, 5) is 10.1. The summed E-state index contributed by atoms with van der Waals surface area (Å²) in [6, 6.07) is 11.8. The summed E-state index contributed by atoms with van der Waals surface area (Å²) in [5.74, 6) is -1.30. The Morgan fingerprint density at radius 3 is 2.59 bits per heavy atom. The molecule has 1 N–H and O–H groups in total. The second-order valence-corrected chi connectivity index (χ2v) is 7.55. The molecule has 1 fully saturated rings. The molecular weight excluding hydrogens is 376 g/mol. The minimum absolute atomic E-state index is 0.0546. The van der Waals surface area contributed by atoms with Gasteiger partial charge < -0.3 is 9.84 Å². The Bertz CT molecular complexity index is 995. The van der Waals surface area contributed by atoms with E-state index in [0.29, 0.717) is 12.3 Å². The normalized spacial score (nSPS) is 17.5. The number of halogens is 2. The van der Waals surface area contributed by atoms with Crippen molar-refractivity contribution in [1.29, 1.82) is 0 Å². The third kappa shape index (κ3) is 4.86. The van der Waals surface area contributed by atoms with E-state index in [1.54, 1.807) is 17.3 Å². The highest BCUT2D eigenvalue weighted by molar-refractivity contribution is 5.88. The number of fused-ring (bicyclic) bond motifs is 1. The minimum Gasteiger partial charge on any atom is -0.491 e. The molecule has 0 radical (unpaired) electrons. The number of benzene rings is 2. The maximum absolute atomic E-state index is 13.3. The number of rotatable bonds is 6. The molecule has 1 aliphatic rings. The second kappa shape index (κ2) is 8.00. The van der Waals surface area contributed by atoms with Crippen molar-refractivity contribution in [2.75, 3.05) is 26.2 Å². The van der Waals surface area contributed by atoms with Crippen molar-refractivity contribution in [1.82, 2.24) is 14.9 Å². The number of aliphatic hydroxyl groups is 1. The van der Waals surface area contributed by atoms with Crippen LogP contribution in [-0.4, -0.2) is 58.2 Å². The topological polar surface area (TPSA) is 58.5 Å². The fraction of sp³-hybridized carbons (Fsp3) is 0.364. The Morgan fingerprint density at radius 1 is 1.10 bits per heavy atom. The van der Waals surface area contributed by atoms with Gasteiger partial charge in [-0.05, 0) is 41.5 Å². The quantitative estimate of drug-likeness (QED) is 0.685. The molecule has 1 aromatic heterocycles. The lowest BCUT2D eigenvalue weighted by atomic mass is 10.0. The Hall–Kier alpha value is -2.64. The predicted octanol–water partition coefficient (Wildman–Crippen LogP) is 3.69. The molecule has 7 heteroatoms. The summed E-state index contributed by atoms with van der Waals surface area (Å²) in [5.41, 5.74) is 1.94. The Kier molecular flexibility index (Phi) is 5.43. The van der Waals surface area contributed by atoms with E-state index in [0.717, 1.165) is 27.7 Å². The van der Waals surface area contributed by atoms with E-state index in [1.165, 1.54) is 0 Å². The molecule has 0 saturated carbocycles. The number of nitrogens with zero attached hydrogens (tertiary/aromatic N) is 3. The molecule has 2 heterocycles. The van der Waals surface area contributed by atoms with Crippen LogP contribution in [0.5, 0.6) is 5.75 Å². The number of alkyl halides is 2. The number of aromatic nitrogens is 2. The summed E-state index contributed by atoms with van der Waals surface area (Å²) in [5, 5.41) is 12.2. The molecule has 152 valence electrons. The first-order valence-electron chi connectivity index (χ1n) is 9.62. The van der Waals surface area contributed by atoms with Gasteiger partial charge in [-0.1, -0.05) is 18.2 Å². The Balaban J connectivity index is 1.42. The molecule has 0 bridgehead atoms. The van der Waals surface area contributed by atoms with E-state index in [1.807, 2.05) is 43.3 Å². The van der Waals surface area contributed by atoms with Gasteiger partial charge in [0.25, 0.3) is 5.92 Å². The standard InChI is InChI=1S/C22H23F2N3O2/c1-15-25-10-19(11-26-15)17-3-2-16-4-5-21(9-18(16)8-17)29-13-20(28)12-27-7-6-22(23,24)14-27/h2-5,8-11,20,28H,6-7,12-14H2,1H3. The zero-order chi connectivity index (χ0) is 20.4. The Labute approximate surface area is 168 Å². The Morgan fingerprint density at radius 2 is 1.86 bits per heavy atom. The largest absolute Gasteiger partial charge is 0.491 e. The van der Waals surface area contributed by atoms with Crippen molar-refractivity contribution in [2.45, 2.75) is 25.4 Å². The third-order valence-electron chi connectivity index (χ3n) is 5.09. The third-order valence-corrected chi connectivity index (χ3v) is 5.09. The van der Waals surface area contributed by atoms with Gasteiger partial charge in [0.2, 0.25) is 0 Å². The van der Waals surface area contributed by atoms with Crippen molar-refractivity contribution in [3.8, 4) is 16.9 Å². The van der Waals surface area contributed by atoms with Gasteiger partial charge >= 0.3 is 0 Å². The van der Waals surface area contributed by atoms with Crippen LogP contribution < -0.4 is 4.74 Å². The van der Waals surface area contributed by atoms with Crippen LogP contribution in [0.25, 0.3) is 21.9 Å². The van der Waals surface area contributed by atoms with Crippen molar-refractivity contribution in [2.24, 2.45) is 0 Å². The molecule has 3 aromatic rings. The van der Waals surface area contributed by atoms with Crippen LogP contribution >= 0.6 is 0 Å². The number of hydrogen-bond donors (Lipinski definition) is 1. The molecule has 29 heavy (non-hydrogen) atoms. The van der Waals surface area contributed by atoms with E-state index >= 15 is 0 Å². The SMILES string of the molecule is Cc1ncc(-c2ccc3ccc(OCC(O)CN4CCC(F)(F)C4)cc3c2)cn1. The van der Waals surface area contributed by atoms with Gasteiger partial charge in [-0.2, -0.15) is 0 Å².